The van der Waals surface area contributed by atoms with Gasteiger partial charge in [-0.1, -0.05) is 13.3 Å². The Labute approximate surface area is 92.5 Å². The van der Waals surface area contributed by atoms with Crippen LogP contribution in [0.1, 0.15) is 19.0 Å². The molecule has 0 amide bonds. The van der Waals surface area contributed by atoms with E-state index >= 15 is 0 Å². The summed E-state index contributed by atoms with van der Waals surface area (Å²) in [6.07, 6.45) is 6.25. The fourth-order valence-electron chi connectivity index (χ4n) is 1.48. The zero-order chi connectivity index (χ0) is 9.97. The van der Waals surface area contributed by atoms with Gasteiger partial charge in [0.25, 0.3) is 0 Å². The summed E-state index contributed by atoms with van der Waals surface area (Å²) in [7, 11) is 0. The van der Waals surface area contributed by atoms with Crippen LogP contribution in [0, 0.1) is 5.92 Å². The highest BCUT2D eigenvalue weighted by atomic mass is 35.5. The molecule has 0 bridgehead atoms. The Morgan fingerprint density at radius 1 is 1.64 bits per heavy atom. The molecule has 0 aromatic carbocycles. The molecule has 1 atom stereocenters. The number of aromatic nitrogens is 2. The molecule has 0 radical (unpaired) electrons. The van der Waals surface area contributed by atoms with E-state index in [-0.39, 0.29) is 0 Å². The van der Waals surface area contributed by atoms with Crippen molar-refractivity contribution in [2.24, 2.45) is 5.92 Å². The highest BCUT2D eigenvalue weighted by Crippen LogP contribution is 2.16. The van der Waals surface area contributed by atoms with Crippen LogP contribution in [0.2, 0.25) is 0 Å². The molecule has 76 valence electrons. The van der Waals surface area contributed by atoms with E-state index in [1.807, 2.05) is 11.6 Å². The zero-order valence-electron chi connectivity index (χ0n) is 8.11. The average Bonchev–Trinajstić information content (AvgIpc) is 2.73. The predicted octanol–water partition coefficient (Wildman–Crippen LogP) is 3.20. The largest absolute Gasteiger partial charge is 0.297 e. The normalized spacial score (nSPS) is 13.6. The summed E-state index contributed by atoms with van der Waals surface area (Å²) in [5.74, 6) is 1.28. The lowest BCUT2D eigenvalue weighted by Crippen LogP contribution is -2.04. The Bertz CT molecular complexity index is 374. The van der Waals surface area contributed by atoms with Crippen LogP contribution in [-0.4, -0.2) is 15.3 Å². The third kappa shape index (κ3) is 1.93. The van der Waals surface area contributed by atoms with Crippen LogP contribution in [0.25, 0.3) is 4.96 Å². The van der Waals surface area contributed by atoms with Gasteiger partial charge in [0.15, 0.2) is 4.96 Å². The highest BCUT2D eigenvalue weighted by Gasteiger charge is 2.09. The van der Waals surface area contributed by atoms with Gasteiger partial charge in [0, 0.05) is 23.7 Å². The lowest BCUT2D eigenvalue weighted by molar-refractivity contribution is 0.560. The molecular formula is C10H13ClN2S. The molecule has 14 heavy (non-hydrogen) atoms. The molecule has 0 aliphatic heterocycles. The molecule has 1 unspecified atom stereocenters. The number of hydrogen-bond donors (Lipinski definition) is 0. The maximum Gasteiger partial charge on any atom is 0.193 e. The first-order valence-corrected chi connectivity index (χ1v) is 6.22. The summed E-state index contributed by atoms with van der Waals surface area (Å²) < 4.78 is 2.07. The lowest BCUT2D eigenvalue weighted by Gasteiger charge is -2.07. The number of alkyl halides is 1. The van der Waals surface area contributed by atoms with Crippen molar-refractivity contribution < 1.29 is 0 Å². The van der Waals surface area contributed by atoms with Crippen molar-refractivity contribution in [3.8, 4) is 0 Å². The quantitative estimate of drug-likeness (QED) is 0.735. The summed E-state index contributed by atoms with van der Waals surface area (Å²) >= 11 is 7.53. The molecule has 0 aliphatic rings. The number of rotatable bonds is 4. The van der Waals surface area contributed by atoms with E-state index in [1.54, 1.807) is 11.3 Å². The van der Waals surface area contributed by atoms with Gasteiger partial charge in [0.1, 0.15) is 0 Å². The highest BCUT2D eigenvalue weighted by molar-refractivity contribution is 7.15. The van der Waals surface area contributed by atoms with E-state index in [0.717, 1.165) is 29.4 Å². The van der Waals surface area contributed by atoms with Crippen LogP contribution >= 0.6 is 22.9 Å². The predicted molar refractivity (Wildman–Crippen MR) is 61.3 cm³/mol. The van der Waals surface area contributed by atoms with Crippen LogP contribution in [-0.2, 0) is 6.42 Å². The van der Waals surface area contributed by atoms with Crippen LogP contribution in [0.15, 0.2) is 17.8 Å². The third-order valence-electron chi connectivity index (χ3n) is 2.44. The molecule has 0 saturated heterocycles. The van der Waals surface area contributed by atoms with Crippen molar-refractivity contribution >= 4 is 27.9 Å². The lowest BCUT2D eigenvalue weighted by atomic mass is 10.0. The Hall–Kier alpha value is -0.540. The average molecular weight is 229 g/mol. The van der Waals surface area contributed by atoms with Crippen molar-refractivity contribution in [3.63, 3.8) is 0 Å². The summed E-state index contributed by atoms with van der Waals surface area (Å²) in [6, 6.07) is 0. The molecular weight excluding hydrogens is 216 g/mol. The van der Waals surface area contributed by atoms with Crippen molar-refractivity contribution in [1.29, 1.82) is 0 Å². The fraction of sp³-hybridized carbons (Fsp3) is 0.500. The van der Waals surface area contributed by atoms with Gasteiger partial charge in [0.05, 0.1) is 5.69 Å². The van der Waals surface area contributed by atoms with E-state index in [9.17, 15) is 0 Å². The minimum atomic E-state index is 0.557. The molecule has 2 heterocycles. The second-order valence-corrected chi connectivity index (χ2v) is 4.64. The molecule has 4 heteroatoms. The zero-order valence-corrected chi connectivity index (χ0v) is 9.68. The molecule has 2 nitrogen and oxygen atoms in total. The van der Waals surface area contributed by atoms with Crippen molar-refractivity contribution in [2.75, 3.05) is 5.88 Å². The number of nitrogens with zero attached hydrogens (tertiary/aromatic N) is 2. The van der Waals surface area contributed by atoms with Crippen LogP contribution in [0.5, 0.6) is 0 Å². The Balaban J connectivity index is 2.14. The minimum Gasteiger partial charge on any atom is -0.297 e. The summed E-state index contributed by atoms with van der Waals surface area (Å²) in [4.78, 5) is 5.60. The molecule has 0 spiro atoms. The van der Waals surface area contributed by atoms with Crippen LogP contribution in [0.4, 0.5) is 0 Å². The molecule has 2 aromatic heterocycles. The Morgan fingerprint density at radius 2 is 2.50 bits per heavy atom. The minimum absolute atomic E-state index is 0.557. The first kappa shape index (κ1) is 9.99. The second kappa shape index (κ2) is 4.32. The Morgan fingerprint density at radius 3 is 3.14 bits per heavy atom. The molecule has 0 N–H and O–H groups in total. The third-order valence-corrected chi connectivity index (χ3v) is 3.64. The second-order valence-electron chi connectivity index (χ2n) is 3.46. The van der Waals surface area contributed by atoms with Gasteiger partial charge in [0.2, 0.25) is 0 Å². The van der Waals surface area contributed by atoms with Gasteiger partial charge in [-0.2, -0.15) is 0 Å². The van der Waals surface area contributed by atoms with Gasteiger partial charge >= 0.3 is 0 Å². The first-order chi connectivity index (χ1) is 6.83. The van der Waals surface area contributed by atoms with E-state index in [2.05, 4.69) is 22.5 Å². The summed E-state index contributed by atoms with van der Waals surface area (Å²) in [5.41, 5.74) is 1.16. The monoisotopic (exact) mass is 228 g/mol. The van der Waals surface area contributed by atoms with Gasteiger partial charge in [-0.3, -0.25) is 4.40 Å². The van der Waals surface area contributed by atoms with Gasteiger partial charge in [-0.05, 0) is 12.3 Å². The number of fused-ring (bicyclic) bond motifs is 1. The van der Waals surface area contributed by atoms with Crippen molar-refractivity contribution in [2.45, 2.75) is 19.8 Å². The van der Waals surface area contributed by atoms with E-state index in [1.165, 1.54) is 0 Å². The van der Waals surface area contributed by atoms with E-state index < -0.39 is 0 Å². The number of halogens is 1. The topological polar surface area (TPSA) is 17.3 Å². The maximum atomic E-state index is 5.86. The van der Waals surface area contributed by atoms with E-state index in [0.29, 0.717) is 5.92 Å². The fourth-order valence-corrected chi connectivity index (χ4v) is 2.52. The van der Waals surface area contributed by atoms with Crippen molar-refractivity contribution in [1.82, 2.24) is 9.38 Å². The van der Waals surface area contributed by atoms with E-state index in [4.69, 9.17) is 11.6 Å². The van der Waals surface area contributed by atoms with Crippen LogP contribution in [0.3, 0.4) is 0 Å². The summed E-state index contributed by atoms with van der Waals surface area (Å²) in [5, 5.41) is 2.05. The van der Waals surface area contributed by atoms with Crippen molar-refractivity contribution in [3.05, 3.63) is 23.5 Å². The smallest absolute Gasteiger partial charge is 0.193 e. The molecule has 0 saturated carbocycles. The van der Waals surface area contributed by atoms with Gasteiger partial charge in [-0.25, -0.2) is 4.98 Å². The first-order valence-electron chi connectivity index (χ1n) is 4.80. The number of imidazole rings is 1. The molecule has 0 aliphatic carbocycles. The Kier molecular flexibility index (Phi) is 3.08. The van der Waals surface area contributed by atoms with Gasteiger partial charge in [-0.15, -0.1) is 22.9 Å². The standard InChI is InChI=1S/C10H13ClN2S/c1-2-8(6-11)5-9-7-13-3-4-14-10(13)12-9/h3-4,7-8H,2,5-6H2,1H3. The molecule has 2 rings (SSSR count). The maximum absolute atomic E-state index is 5.86. The molecule has 2 aromatic rings. The summed E-state index contributed by atoms with van der Waals surface area (Å²) in [6.45, 7) is 2.17. The number of hydrogen-bond acceptors (Lipinski definition) is 2. The number of thiazole rings is 1. The van der Waals surface area contributed by atoms with Gasteiger partial charge < -0.3 is 0 Å². The molecule has 0 fully saturated rings. The SMILES string of the molecule is CCC(CCl)Cc1cn2ccsc2n1. The van der Waals surface area contributed by atoms with Crippen LogP contribution < -0.4 is 0 Å².